The predicted molar refractivity (Wildman–Crippen MR) is 95.1 cm³/mol. The highest BCUT2D eigenvalue weighted by Gasteiger charge is 2.24. The molecule has 1 atom stereocenters. The van der Waals surface area contributed by atoms with Gasteiger partial charge in [0.05, 0.1) is 6.61 Å². The molecule has 2 amide bonds. The molecule has 0 saturated carbocycles. The summed E-state index contributed by atoms with van der Waals surface area (Å²) in [6.45, 7) is -0.104. The van der Waals surface area contributed by atoms with E-state index >= 15 is 0 Å². The van der Waals surface area contributed by atoms with Gasteiger partial charge in [-0.05, 0) is 23.8 Å². The van der Waals surface area contributed by atoms with Gasteiger partial charge in [-0.25, -0.2) is 0 Å². The standard InChI is InChI=1S/C18H19N5O3/c1-23(10-12-5-3-2-4-6-12)18(26)16(11-24)19-17(25)13-7-8-14-15(9-13)21-22-20-14/h2-9,16,24H,10-11H2,1H3,(H,19,25)(H,20,21,22)/t16-/m0/s1. The summed E-state index contributed by atoms with van der Waals surface area (Å²) in [5.74, 6) is -0.831. The molecule has 0 fully saturated rings. The van der Waals surface area contributed by atoms with E-state index in [1.165, 1.54) is 4.90 Å². The van der Waals surface area contributed by atoms with E-state index in [2.05, 4.69) is 20.7 Å². The molecular formula is C18H19N5O3. The number of rotatable bonds is 6. The number of nitrogens with zero attached hydrogens (tertiary/aromatic N) is 3. The first kappa shape index (κ1) is 17.6. The summed E-state index contributed by atoms with van der Waals surface area (Å²) in [4.78, 5) is 26.4. The topological polar surface area (TPSA) is 111 Å². The number of benzene rings is 2. The van der Waals surface area contributed by atoms with Crippen molar-refractivity contribution in [2.24, 2.45) is 0 Å². The molecule has 0 saturated heterocycles. The smallest absolute Gasteiger partial charge is 0.252 e. The van der Waals surface area contributed by atoms with E-state index in [4.69, 9.17) is 0 Å². The van der Waals surface area contributed by atoms with Crippen LogP contribution >= 0.6 is 0 Å². The van der Waals surface area contributed by atoms with Crippen molar-refractivity contribution in [3.05, 3.63) is 59.7 Å². The van der Waals surface area contributed by atoms with E-state index in [1.807, 2.05) is 30.3 Å². The second-order valence-electron chi connectivity index (χ2n) is 5.92. The summed E-state index contributed by atoms with van der Waals surface area (Å²) in [5, 5.41) is 22.5. The normalized spacial score (nSPS) is 11.9. The van der Waals surface area contributed by atoms with Crippen LogP contribution in [0.1, 0.15) is 15.9 Å². The van der Waals surface area contributed by atoms with Crippen molar-refractivity contribution in [1.29, 1.82) is 0 Å². The summed E-state index contributed by atoms with van der Waals surface area (Å²) in [5.41, 5.74) is 2.48. The zero-order chi connectivity index (χ0) is 18.5. The molecule has 0 spiro atoms. The van der Waals surface area contributed by atoms with Crippen molar-refractivity contribution in [2.75, 3.05) is 13.7 Å². The number of hydrogen-bond donors (Lipinski definition) is 3. The molecule has 3 aromatic rings. The first-order valence-electron chi connectivity index (χ1n) is 8.09. The van der Waals surface area contributed by atoms with Crippen molar-refractivity contribution in [3.8, 4) is 0 Å². The number of carbonyl (C=O) groups is 2. The second kappa shape index (κ2) is 7.75. The number of carbonyl (C=O) groups excluding carboxylic acids is 2. The molecule has 0 aliphatic carbocycles. The number of H-pyrrole nitrogens is 1. The molecule has 0 aliphatic heterocycles. The first-order chi connectivity index (χ1) is 12.6. The Kier molecular flexibility index (Phi) is 5.23. The highest BCUT2D eigenvalue weighted by atomic mass is 16.3. The molecule has 26 heavy (non-hydrogen) atoms. The van der Waals surface area contributed by atoms with Crippen LogP contribution in [0.5, 0.6) is 0 Å². The number of aliphatic hydroxyl groups excluding tert-OH is 1. The lowest BCUT2D eigenvalue weighted by molar-refractivity contribution is -0.133. The zero-order valence-electron chi connectivity index (χ0n) is 14.2. The Balaban J connectivity index is 1.67. The van der Waals surface area contributed by atoms with Gasteiger partial charge >= 0.3 is 0 Å². The number of fused-ring (bicyclic) bond motifs is 1. The van der Waals surface area contributed by atoms with Crippen LogP contribution in [0.2, 0.25) is 0 Å². The molecular weight excluding hydrogens is 334 g/mol. The number of amides is 2. The van der Waals surface area contributed by atoms with Gasteiger partial charge < -0.3 is 15.3 Å². The number of nitrogens with one attached hydrogen (secondary N) is 2. The maximum Gasteiger partial charge on any atom is 0.252 e. The van der Waals surface area contributed by atoms with E-state index < -0.39 is 18.6 Å². The monoisotopic (exact) mass is 353 g/mol. The molecule has 3 N–H and O–H groups in total. The van der Waals surface area contributed by atoms with Gasteiger partial charge in [0.25, 0.3) is 5.91 Å². The van der Waals surface area contributed by atoms with Crippen molar-refractivity contribution in [1.82, 2.24) is 25.6 Å². The Bertz CT molecular complexity index is 909. The largest absolute Gasteiger partial charge is 0.394 e. The predicted octanol–water partition coefficient (Wildman–Crippen LogP) is 0.707. The number of aromatic nitrogens is 3. The maximum absolute atomic E-state index is 12.5. The molecule has 1 aromatic heterocycles. The van der Waals surface area contributed by atoms with Gasteiger partial charge in [0, 0.05) is 19.2 Å². The van der Waals surface area contributed by atoms with Crippen LogP contribution in [0.25, 0.3) is 11.0 Å². The molecule has 8 heteroatoms. The Morgan fingerprint density at radius 2 is 1.88 bits per heavy atom. The van der Waals surface area contributed by atoms with Crippen LogP contribution in [0.15, 0.2) is 48.5 Å². The van der Waals surface area contributed by atoms with Crippen LogP contribution in [0.4, 0.5) is 0 Å². The Labute approximate surface area is 149 Å². The third-order valence-corrected chi connectivity index (χ3v) is 4.00. The summed E-state index contributed by atoms with van der Waals surface area (Å²) < 4.78 is 0. The lowest BCUT2D eigenvalue weighted by atomic mass is 10.1. The lowest BCUT2D eigenvalue weighted by Gasteiger charge is -2.23. The Morgan fingerprint density at radius 1 is 1.15 bits per heavy atom. The van der Waals surface area contributed by atoms with Gasteiger partial charge in [-0.2, -0.15) is 15.4 Å². The van der Waals surface area contributed by atoms with Gasteiger partial charge in [-0.3, -0.25) is 9.59 Å². The third kappa shape index (κ3) is 3.86. The number of aromatic amines is 1. The van der Waals surface area contributed by atoms with Crippen molar-refractivity contribution in [2.45, 2.75) is 12.6 Å². The molecule has 0 radical (unpaired) electrons. The molecule has 0 bridgehead atoms. The second-order valence-corrected chi connectivity index (χ2v) is 5.92. The highest BCUT2D eigenvalue weighted by Crippen LogP contribution is 2.11. The average Bonchev–Trinajstić information content (AvgIpc) is 3.14. The molecule has 3 rings (SSSR count). The fourth-order valence-electron chi connectivity index (χ4n) is 2.61. The Hall–Kier alpha value is -3.26. The molecule has 8 nitrogen and oxygen atoms in total. The molecule has 134 valence electrons. The number of aliphatic hydroxyl groups is 1. The molecule has 2 aromatic carbocycles. The fraction of sp³-hybridized carbons (Fsp3) is 0.222. The van der Waals surface area contributed by atoms with Crippen molar-refractivity contribution < 1.29 is 14.7 Å². The van der Waals surface area contributed by atoms with E-state index in [0.29, 0.717) is 23.1 Å². The molecule has 1 heterocycles. The average molecular weight is 353 g/mol. The Morgan fingerprint density at radius 3 is 2.62 bits per heavy atom. The number of likely N-dealkylation sites (N-methyl/N-ethyl adjacent to an activating group) is 1. The summed E-state index contributed by atoms with van der Waals surface area (Å²) in [6.07, 6.45) is 0. The minimum absolute atomic E-state index is 0.336. The summed E-state index contributed by atoms with van der Waals surface area (Å²) in [7, 11) is 1.63. The zero-order valence-corrected chi connectivity index (χ0v) is 14.2. The molecule has 0 unspecified atom stereocenters. The minimum atomic E-state index is -1.02. The van der Waals surface area contributed by atoms with Gasteiger partial charge in [0.15, 0.2) is 0 Å². The van der Waals surface area contributed by atoms with E-state index in [9.17, 15) is 14.7 Å². The lowest BCUT2D eigenvalue weighted by Crippen LogP contribution is -2.49. The van der Waals surface area contributed by atoms with Gasteiger partial charge in [0.2, 0.25) is 5.91 Å². The summed E-state index contributed by atoms with van der Waals surface area (Å²) >= 11 is 0. The number of hydrogen-bond acceptors (Lipinski definition) is 5. The van der Waals surface area contributed by atoms with E-state index in [0.717, 1.165) is 5.56 Å². The highest BCUT2D eigenvalue weighted by molar-refractivity contribution is 5.99. The van der Waals surface area contributed by atoms with Crippen molar-refractivity contribution in [3.63, 3.8) is 0 Å². The van der Waals surface area contributed by atoms with Crippen LogP contribution in [-0.2, 0) is 11.3 Å². The van der Waals surface area contributed by atoms with E-state index in [1.54, 1.807) is 25.2 Å². The van der Waals surface area contributed by atoms with Crippen LogP contribution in [-0.4, -0.2) is 56.9 Å². The quantitative estimate of drug-likeness (QED) is 0.604. The SMILES string of the molecule is CN(Cc1ccccc1)C(=O)[C@H](CO)NC(=O)c1ccc2n[nH]nc2c1. The third-order valence-electron chi connectivity index (χ3n) is 4.00. The fourth-order valence-corrected chi connectivity index (χ4v) is 2.61. The first-order valence-corrected chi connectivity index (χ1v) is 8.09. The van der Waals surface area contributed by atoms with Crippen LogP contribution in [0, 0.1) is 0 Å². The maximum atomic E-state index is 12.5. The van der Waals surface area contributed by atoms with Crippen LogP contribution in [0.3, 0.4) is 0 Å². The van der Waals surface area contributed by atoms with Gasteiger partial charge in [0.1, 0.15) is 17.1 Å². The van der Waals surface area contributed by atoms with Crippen LogP contribution < -0.4 is 5.32 Å². The minimum Gasteiger partial charge on any atom is -0.394 e. The molecule has 0 aliphatic rings. The van der Waals surface area contributed by atoms with Gasteiger partial charge in [-0.15, -0.1) is 0 Å². The van der Waals surface area contributed by atoms with E-state index in [-0.39, 0.29) is 5.91 Å². The van der Waals surface area contributed by atoms with Crippen molar-refractivity contribution >= 4 is 22.8 Å². The summed E-state index contributed by atoms with van der Waals surface area (Å²) in [6, 6.07) is 13.3. The van der Waals surface area contributed by atoms with Gasteiger partial charge in [-0.1, -0.05) is 30.3 Å².